The average Bonchev–Trinajstić information content (AvgIpc) is 3.53. The van der Waals surface area contributed by atoms with Gasteiger partial charge in [0, 0.05) is 48.4 Å². The van der Waals surface area contributed by atoms with Crippen LogP contribution in [0, 0.1) is 5.82 Å². The fourth-order valence-corrected chi connectivity index (χ4v) is 4.83. The highest BCUT2D eigenvalue weighted by Gasteiger charge is 2.28. The molecular weight excluding hydrogens is 530 g/mol. The summed E-state index contributed by atoms with van der Waals surface area (Å²) in [6.07, 6.45) is 10.1. The van der Waals surface area contributed by atoms with E-state index in [2.05, 4.69) is 15.2 Å². The Morgan fingerprint density at radius 3 is 2.66 bits per heavy atom. The van der Waals surface area contributed by atoms with Crippen molar-refractivity contribution in [1.82, 2.24) is 24.3 Å². The standard InChI is InChI=1S/C27H27Cl2FN6O2/c1-27(2,3)38-26(37)34-9-6-19(7-10-34)36-16-18(14-32-36)17-12-24-23(31-13-17)8-11-35(24)33-15-20-21(28)4-5-22(30)25(20)29/h4-5,8,11-16,19H,6-7,9-10H2,1-3H3. The lowest BCUT2D eigenvalue weighted by Gasteiger charge is -2.33. The number of amides is 1. The predicted octanol–water partition coefficient (Wildman–Crippen LogP) is 6.80. The molecule has 1 fully saturated rings. The van der Waals surface area contributed by atoms with Crippen LogP contribution in [0.4, 0.5) is 9.18 Å². The maximum absolute atomic E-state index is 13.9. The first-order chi connectivity index (χ1) is 18.1. The number of carbonyl (C=O) groups excluding carboxylic acids is 1. The molecule has 1 saturated heterocycles. The van der Waals surface area contributed by atoms with Crippen molar-refractivity contribution in [3.8, 4) is 11.1 Å². The molecule has 4 aromatic rings. The number of hydrogen-bond donors (Lipinski definition) is 0. The highest BCUT2D eigenvalue weighted by atomic mass is 35.5. The van der Waals surface area contributed by atoms with Gasteiger partial charge in [0.1, 0.15) is 11.4 Å². The van der Waals surface area contributed by atoms with E-state index in [1.165, 1.54) is 18.3 Å². The molecule has 1 amide bonds. The van der Waals surface area contributed by atoms with Gasteiger partial charge in [-0.2, -0.15) is 10.2 Å². The lowest BCUT2D eigenvalue weighted by Crippen LogP contribution is -2.42. The lowest BCUT2D eigenvalue weighted by molar-refractivity contribution is 0.0185. The Bertz CT molecular complexity index is 1520. The summed E-state index contributed by atoms with van der Waals surface area (Å²) in [6, 6.07) is 6.66. The van der Waals surface area contributed by atoms with Crippen LogP contribution in [0.3, 0.4) is 0 Å². The Morgan fingerprint density at radius 2 is 1.92 bits per heavy atom. The number of nitrogens with zero attached hydrogens (tertiary/aromatic N) is 6. The number of halogens is 3. The Morgan fingerprint density at radius 1 is 1.16 bits per heavy atom. The number of ether oxygens (including phenoxy) is 1. The van der Waals surface area contributed by atoms with Gasteiger partial charge in [-0.15, -0.1) is 0 Å². The van der Waals surface area contributed by atoms with Gasteiger partial charge in [0.25, 0.3) is 0 Å². The van der Waals surface area contributed by atoms with Crippen LogP contribution in [0.5, 0.6) is 0 Å². The number of pyridine rings is 1. The Labute approximate surface area is 229 Å². The van der Waals surface area contributed by atoms with Crippen LogP contribution in [0.2, 0.25) is 10.0 Å². The summed E-state index contributed by atoms with van der Waals surface area (Å²) in [7, 11) is 0. The number of aromatic nitrogens is 4. The van der Waals surface area contributed by atoms with E-state index >= 15 is 0 Å². The summed E-state index contributed by atoms with van der Waals surface area (Å²) in [5.74, 6) is -0.564. The smallest absolute Gasteiger partial charge is 0.410 e. The highest BCUT2D eigenvalue weighted by molar-refractivity contribution is 6.38. The molecule has 1 aliphatic heterocycles. The SMILES string of the molecule is CC(C)(C)OC(=O)N1CCC(n2cc(-c3cnc4ccn(N=Cc5c(Cl)ccc(F)c5Cl)c4c3)cn2)CC1. The number of benzene rings is 1. The van der Waals surface area contributed by atoms with Gasteiger partial charge in [-0.3, -0.25) is 9.67 Å². The van der Waals surface area contributed by atoms with Crippen LogP contribution in [0.15, 0.2) is 54.2 Å². The molecule has 0 radical (unpaired) electrons. The molecule has 0 atom stereocenters. The van der Waals surface area contributed by atoms with Gasteiger partial charge >= 0.3 is 6.09 Å². The minimum absolute atomic E-state index is 0.0825. The Hall–Kier alpha value is -3.43. The maximum atomic E-state index is 13.9. The van der Waals surface area contributed by atoms with Gasteiger partial charge < -0.3 is 9.64 Å². The first-order valence-electron chi connectivity index (χ1n) is 12.3. The first kappa shape index (κ1) is 26.2. The second kappa shape index (κ2) is 10.4. The van der Waals surface area contributed by atoms with Crippen molar-refractivity contribution in [3.63, 3.8) is 0 Å². The summed E-state index contributed by atoms with van der Waals surface area (Å²) < 4.78 is 23.0. The highest BCUT2D eigenvalue weighted by Crippen LogP contribution is 2.29. The summed E-state index contributed by atoms with van der Waals surface area (Å²) in [5.41, 5.74) is 3.11. The molecule has 0 spiro atoms. The Kier molecular flexibility index (Phi) is 7.15. The lowest BCUT2D eigenvalue weighted by atomic mass is 10.1. The molecule has 3 aromatic heterocycles. The van der Waals surface area contributed by atoms with Crippen molar-refractivity contribution in [2.24, 2.45) is 5.10 Å². The van der Waals surface area contributed by atoms with Gasteiger partial charge in [0.2, 0.25) is 0 Å². The van der Waals surface area contributed by atoms with E-state index in [0.717, 1.165) is 35.0 Å². The number of piperidine rings is 1. The second-order valence-electron chi connectivity index (χ2n) is 10.2. The predicted molar refractivity (Wildman–Crippen MR) is 146 cm³/mol. The van der Waals surface area contributed by atoms with Crippen LogP contribution in [-0.4, -0.2) is 55.3 Å². The molecule has 8 nitrogen and oxygen atoms in total. The van der Waals surface area contributed by atoms with E-state index < -0.39 is 11.4 Å². The number of carbonyl (C=O) groups is 1. The molecule has 0 bridgehead atoms. The van der Waals surface area contributed by atoms with Crippen LogP contribution < -0.4 is 0 Å². The number of rotatable bonds is 4. The molecule has 198 valence electrons. The summed E-state index contributed by atoms with van der Waals surface area (Å²) in [6.45, 7) is 6.84. The molecule has 5 rings (SSSR count). The zero-order valence-corrected chi connectivity index (χ0v) is 22.7. The monoisotopic (exact) mass is 556 g/mol. The van der Waals surface area contributed by atoms with Crippen LogP contribution in [0.25, 0.3) is 22.2 Å². The van der Waals surface area contributed by atoms with Crippen LogP contribution >= 0.6 is 23.2 Å². The molecule has 0 unspecified atom stereocenters. The van der Waals surface area contributed by atoms with Crippen molar-refractivity contribution >= 4 is 46.5 Å². The zero-order chi connectivity index (χ0) is 27.0. The molecule has 0 saturated carbocycles. The van der Waals surface area contributed by atoms with Crippen molar-refractivity contribution in [2.75, 3.05) is 13.1 Å². The quantitative estimate of drug-likeness (QED) is 0.204. The van der Waals surface area contributed by atoms with E-state index in [4.69, 9.17) is 27.9 Å². The van der Waals surface area contributed by atoms with Crippen LogP contribution in [-0.2, 0) is 4.74 Å². The van der Waals surface area contributed by atoms with E-state index in [0.29, 0.717) is 23.7 Å². The van der Waals surface area contributed by atoms with E-state index in [1.54, 1.807) is 22.0 Å². The number of likely N-dealkylation sites (tertiary alicyclic amines) is 1. The largest absolute Gasteiger partial charge is 0.444 e. The van der Waals surface area contributed by atoms with Gasteiger partial charge in [-0.25, -0.2) is 13.9 Å². The molecule has 0 N–H and O–H groups in total. The van der Waals surface area contributed by atoms with Crippen LogP contribution in [0.1, 0.15) is 45.2 Å². The number of fused-ring (bicyclic) bond motifs is 1. The van der Waals surface area contributed by atoms with E-state index in [1.807, 2.05) is 50.0 Å². The molecular formula is C27H27Cl2FN6O2. The molecule has 1 aliphatic rings. The molecule has 0 aliphatic carbocycles. The topological polar surface area (TPSA) is 77.5 Å². The van der Waals surface area contributed by atoms with Gasteiger partial charge in [-0.05, 0) is 57.9 Å². The van der Waals surface area contributed by atoms with Crippen molar-refractivity contribution in [2.45, 2.75) is 45.3 Å². The minimum atomic E-state index is -0.564. The molecule has 11 heteroatoms. The molecule has 1 aromatic carbocycles. The summed E-state index contributed by atoms with van der Waals surface area (Å²) in [5, 5.41) is 9.25. The van der Waals surface area contributed by atoms with Crippen molar-refractivity contribution < 1.29 is 13.9 Å². The third-order valence-corrected chi connectivity index (χ3v) is 7.05. The summed E-state index contributed by atoms with van der Waals surface area (Å²) in [4.78, 5) is 18.7. The van der Waals surface area contributed by atoms with Gasteiger partial charge in [-0.1, -0.05) is 23.2 Å². The minimum Gasteiger partial charge on any atom is -0.444 e. The average molecular weight is 557 g/mol. The number of hydrogen-bond acceptors (Lipinski definition) is 5. The fourth-order valence-electron chi connectivity index (χ4n) is 4.36. The van der Waals surface area contributed by atoms with Crippen molar-refractivity contribution in [3.05, 3.63) is 70.5 Å². The third kappa shape index (κ3) is 5.54. The maximum Gasteiger partial charge on any atom is 0.410 e. The van der Waals surface area contributed by atoms with Crippen molar-refractivity contribution in [1.29, 1.82) is 0 Å². The second-order valence-corrected chi connectivity index (χ2v) is 11.0. The van der Waals surface area contributed by atoms with Gasteiger partial charge in [0.15, 0.2) is 0 Å². The molecule has 4 heterocycles. The molecule has 38 heavy (non-hydrogen) atoms. The zero-order valence-electron chi connectivity index (χ0n) is 21.2. The Balaban J connectivity index is 1.32. The normalized spacial score (nSPS) is 15.1. The van der Waals surface area contributed by atoms with E-state index in [9.17, 15) is 9.18 Å². The third-order valence-electron chi connectivity index (χ3n) is 6.33. The first-order valence-corrected chi connectivity index (χ1v) is 13.0. The fraction of sp³-hybridized carbons (Fsp3) is 0.333. The summed E-state index contributed by atoms with van der Waals surface area (Å²) >= 11 is 12.3. The van der Waals surface area contributed by atoms with E-state index in [-0.39, 0.29) is 17.2 Å². The van der Waals surface area contributed by atoms with Gasteiger partial charge in [0.05, 0.1) is 39.5 Å².